The molecule has 4 aromatic rings. The Hall–Kier alpha value is -4.60. The molecule has 0 fully saturated rings. The summed E-state index contributed by atoms with van der Waals surface area (Å²) in [4.78, 5) is 29.6. The van der Waals surface area contributed by atoms with E-state index in [9.17, 15) is 9.59 Å². The molecule has 0 radical (unpaired) electrons. The van der Waals surface area contributed by atoms with E-state index >= 15 is 0 Å². The number of hydrogen-bond acceptors (Lipinski definition) is 7. The van der Waals surface area contributed by atoms with Crippen LogP contribution in [0.3, 0.4) is 0 Å². The molecule has 208 valence electrons. The largest absolute Gasteiger partial charge is 0.494 e. The summed E-state index contributed by atoms with van der Waals surface area (Å²) in [7, 11) is 0. The van der Waals surface area contributed by atoms with Crippen LogP contribution in [0.15, 0.2) is 66.7 Å². The first-order chi connectivity index (χ1) is 19.2. The second-order valence-electron chi connectivity index (χ2n) is 10.6. The number of fused-ring (bicyclic) bond motifs is 2. The molecule has 0 spiro atoms. The Morgan fingerprint density at radius 3 is 2.55 bits per heavy atom. The molecule has 1 aromatic heterocycles. The van der Waals surface area contributed by atoms with Crippen molar-refractivity contribution in [3.8, 4) is 17.2 Å². The third kappa shape index (κ3) is 6.01. The van der Waals surface area contributed by atoms with Crippen molar-refractivity contribution in [3.05, 3.63) is 77.9 Å². The molecule has 40 heavy (non-hydrogen) atoms. The standard InChI is InChI=1S/C30H33N5O5/c1-5-38-22-13-11-21(12-14-22)28(29(37)31-30(2,3)4)34(17-20-10-15-25-26(16-20)40-19-39-25)27(36)18-35-24-9-7-6-8-23(24)32-33-35/h6-16,28H,5,17-19H2,1-4H3,(H,31,37)/t28-/m0/s1. The predicted octanol–water partition coefficient (Wildman–Crippen LogP) is 4.24. The zero-order chi connectivity index (χ0) is 28.3. The number of carbonyl (C=O) groups excluding carboxylic acids is 2. The van der Waals surface area contributed by atoms with Crippen molar-refractivity contribution in [3.63, 3.8) is 0 Å². The second-order valence-corrected chi connectivity index (χ2v) is 10.6. The molecule has 2 heterocycles. The van der Waals surface area contributed by atoms with Gasteiger partial charge >= 0.3 is 0 Å². The van der Waals surface area contributed by atoms with E-state index in [-0.39, 0.29) is 31.7 Å². The third-order valence-corrected chi connectivity index (χ3v) is 6.38. The Labute approximate surface area is 232 Å². The third-order valence-electron chi connectivity index (χ3n) is 6.38. The van der Waals surface area contributed by atoms with Gasteiger partial charge in [0, 0.05) is 12.1 Å². The van der Waals surface area contributed by atoms with Gasteiger partial charge in [-0.15, -0.1) is 5.10 Å². The molecule has 5 rings (SSSR count). The first kappa shape index (κ1) is 27.0. The van der Waals surface area contributed by atoms with E-state index in [1.165, 1.54) is 0 Å². The zero-order valence-electron chi connectivity index (χ0n) is 23.1. The lowest BCUT2D eigenvalue weighted by Crippen LogP contribution is -2.49. The van der Waals surface area contributed by atoms with Gasteiger partial charge < -0.3 is 24.4 Å². The van der Waals surface area contributed by atoms with Crippen LogP contribution in [0, 0.1) is 0 Å². The highest BCUT2D eigenvalue weighted by Gasteiger charge is 2.34. The van der Waals surface area contributed by atoms with Crippen LogP contribution < -0.4 is 19.5 Å². The van der Waals surface area contributed by atoms with Crippen LogP contribution in [0.4, 0.5) is 0 Å². The fraction of sp³-hybridized carbons (Fsp3) is 0.333. The molecule has 3 aromatic carbocycles. The van der Waals surface area contributed by atoms with Gasteiger partial charge in [-0.1, -0.05) is 35.5 Å². The minimum Gasteiger partial charge on any atom is -0.494 e. The summed E-state index contributed by atoms with van der Waals surface area (Å²) in [5, 5.41) is 11.5. The number of amides is 2. The lowest BCUT2D eigenvalue weighted by atomic mass is 10.0. The van der Waals surface area contributed by atoms with Gasteiger partial charge in [-0.05, 0) is 75.2 Å². The van der Waals surface area contributed by atoms with E-state index in [0.717, 1.165) is 11.1 Å². The zero-order valence-corrected chi connectivity index (χ0v) is 23.1. The Balaban J connectivity index is 1.55. The van der Waals surface area contributed by atoms with Gasteiger partial charge in [0.05, 0.1) is 12.1 Å². The van der Waals surface area contributed by atoms with Crippen LogP contribution in [0.1, 0.15) is 44.9 Å². The van der Waals surface area contributed by atoms with E-state index in [2.05, 4.69) is 15.6 Å². The highest BCUT2D eigenvalue weighted by Crippen LogP contribution is 2.34. The number of benzene rings is 3. The summed E-state index contributed by atoms with van der Waals surface area (Å²) in [5.41, 5.74) is 2.35. The Kier molecular flexibility index (Phi) is 7.59. The molecular weight excluding hydrogens is 510 g/mol. The molecule has 0 saturated carbocycles. The van der Waals surface area contributed by atoms with Gasteiger partial charge in [-0.2, -0.15) is 0 Å². The minimum atomic E-state index is -0.928. The second kappa shape index (κ2) is 11.3. The Morgan fingerprint density at radius 2 is 1.80 bits per heavy atom. The molecule has 1 aliphatic heterocycles. The smallest absolute Gasteiger partial charge is 0.247 e. The van der Waals surface area contributed by atoms with E-state index in [1.54, 1.807) is 9.58 Å². The van der Waals surface area contributed by atoms with Gasteiger partial charge in [0.25, 0.3) is 0 Å². The fourth-order valence-corrected chi connectivity index (χ4v) is 4.64. The number of para-hydroxylation sites is 1. The minimum absolute atomic E-state index is 0.0958. The van der Waals surface area contributed by atoms with E-state index in [1.807, 2.05) is 94.4 Å². The van der Waals surface area contributed by atoms with Crippen LogP contribution >= 0.6 is 0 Å². The SMILES string of the molecule is CCOc1ccc([C@@H](C(=O)NC(C)(C)C)N(Cc2ccc3c(c2)OCO3)C(=O)Cn2nnc3ccccc32)cc1. The highest BCUT2D eigenvalue weighted by molar-refractivity contribution is 5.89. The monoisotopic (exact) mass is 543 g/mol. The number of ether oxygens (including phenoxy) is 3. The topological polar surface area (TPSA) is 108 Å². The summed E-state index contributed by atoms with van der Waals surface area (Å²) in [6, 6.07) is 19.3. The molecule has 0 saturated heterocycles. The molecule has 0 aliphatic carbocycles. The molecule has 1 atom stereocenters. The molecule has 10 heteroatoms. The van der Waals surface area contributed by atoms with Crippen LogP contribution in [-0.2, 0) is 22.7 Å². The molecule has 10 nitrogen and oxygen atoms in total. The number of carbonyl (C=O) groups is 2. The number of aromatic nitrogens is 3. The van der Waals surface area contributed by atoms with Crippen LogP contribution in [0.25, 0.3) is 11.0 Å². The van der Waals surface area contributed by atoms with Crippen molar-refractivity contribution >= 4 is 22.8 Å². The molecule has 1 aliphatic rings. The Morgan fingerprint density at radius 1 is 1.05 bits per heavy atom. The van der Waals surface area contributed by atoms with Crippen molar-refractivity contribution in [1.29, 1.82) is 0 Å². The molecule has 0 bridgehead atoms. The lowest BCUT2D eigenvalue weighted by Gasteiger charge is -2.34. The molecule has 1 N–H and O–H groups in total. The number of nitrogens with one attached hydrogen (secondary N) is 1. The predicted molar refractivity (Wildman–Crippen MR) is 149 cm³/mol. The van der Waals surface area contributed by atoms with Gasteiger partial charge in [0.2, 0.25) is 18.6 Å². The van der Waals surface area contributed by atoms with E-state index < -0.39 is 11.6 Å². The van der Waals surface area contributed by atoms with Crippen molar-refractivity contribution in [2.45, 2.75) is 52.4 Å². The van der Waals surface area contributed by atoms with Crippen LogP contribution in [0.2, 0.25) is 0 Å². The first-order valence-corrected chi connectivity index (χ1v) is 13.2. The number of nitrogens with zero attached hydrogens (tertiary/aromatic N) is 4. The lowest BCUT2D eigenvalue weighted by molar-refractivity contribution is -0.142. The molecule has 0 unspecified atom stereocenters. The Bertz CT molecular complexity index is 1510. The normalized spacial score (nSPS) is 13.2. The summed E-state index contributed by atoms with van der Waals surface area (Å²) < 4.78 is 18.2. The fourth-order valence-electron chi connectivity index (χ4n) is 4.64. The summed E-state index contributed by atoms with van der Waals surface area (Å²) >= 11 is 0. The van der Waals surface area contributed by atoms with Crippen LogP contribution in [0.5, 0.6) is 17.2 Å². The van der Waals surface area contributed by atoms with Crippen LogP contribution in [-0.4, -0.2) is 50.6 Å². The molecule has 2 amide bonds. The molecular formula is C30H33N5O5. The van der Waals surface area contributed by atoms with E-state index in [4.69, 9.17) is 14.2 Å². The number of hydrogen-bond donors (Lipinski definition) is 1. The van der Waals surface area contributed by atoms with Gasteiger partial charge in [-0.3, -0.25) is 9.59 Å². The summed E-state index contributed by atoms with van der Waals surface area (Å²) in [6.45, 7) is 8.35. The van der Waals surface area contributed by atoms with Gasteiger partial charge in [-0.25, -0.2) is 4.68 Å². The maximum Gasteiger partial charge on any atom is 0.247 e. The average molecular weight is 544 g/mol. The van der Waals surface area contributed by atoms with E-state index in [0.29, 0.717) is 34.9 Å². The maximum atomic E-state index is 14.1. The average Bonchev–Trinajstić information content (AvgIpc) is 3.55. The van der Waals surface area contributed by atoms with Crippen molar-refractivity contribution < 1.29 is 23.8 Å². The maximum absolute atomic E-state index is 14.1. The number of rotatable bonds is 9. The van der Waals surface area contributed by atoms with Gasteiger partial charge in [0.1, 0.15) is 23.9 Å². The summed E-state index contributed by atoms with van der Waals surface area (Å²) in [5.74, 6) is 1.34. The first-order valence-electron chi connectivity index (χ1n) is 13.2. The highest BCUT2D eigenvalue weighted by atomic mass is 16.7. The van der Waals surface area contributed by atoms with Crippen molar-refractivity contribution in [2.24, 2.45) is 0 Å². The summed E-state index contributed by atoms with van der Waals surface area (Å²) in [6.07, 6.45) is 0. The van der Waals surface area contributed by atoms with Gasteiger partial charge in [0.15, 0.2) is 11.5 Å². The van der Waals surface area contributed by atoms with Crippen molar-refractivity contribution in [1.82, 2.24) is 25.2 Å². The van der Waals surface area contributed by atoms with Crippen molar-refractivity contribution in [2.75, 3.05) is 13.4 Å². The quantitative estimate of drug-likeness (QED) is 0.336.